The smallest absolute Gasteiger partial charge is 0.322 e. The van der Waals surface area contributed by atoms with Crippen LogP contribution in [0.5, 0.6) is 0 Å². The van der Waals surface area contributed by atoms with Crippen molar-refractivity contribution in [3.05, 3.63) is 27.7 Å². The van der Waals surface area contributed by atoms with Crippen LogP contribution in [0.4, 0.5) is 18.9 Å². The van der Waals surface area contributed by atoms with Crippen LogP contribution in [0.15, 0.2) is 16.6 Å². The first-order chi connectivity index (χ1) is 10.4. The Labute approximate surface area is 140 Å². The second-order valence-corrected chi connectivity index (χ2v) is 7.92. The Kier molecular flexibility index (Phi) is 4.69. The standard InChI is InChI=1S/C13H14BrF3N2O3S/c1-3-10(13(15,16)17)19-6-7-4-8(14)5-9(11(7)12(19)20)18-23(2,21)22/h4-5,10,18H,3,6H2,1-2H3/t10-/m0/s1. The predicted octanol–water partition coefficient (Wildman–Crippen LogP) is 3.12. The van der Waals surface area contributed by atoms with Gasteiger partial charge in [0.05, 0.1) is 17.5 Å². The van der Waals surface area contributed by atoms with Gasteiger partial charge in [-0.2, -0.15) is 13.2 Å². The molecular weight excluding hydrogens is 401 g/mol. The Morgan fingerprint density at radius 3 is 2.48 bits per heavy atom. The largest absolute Gasteiger partial charge is 0.408 e. The van der Waals surface area contributed by atoms with Crippen molar-refractivity contribution in [1.82, 2.24) is 4.90 Å². The molecule has 1 atom stereocenters. The second kappa shape index (κ2) is 5.97. The number of sulfonamides is 1. The number of halogens is 4. The van der Waals surface area contributed by atoms with E-state index < -0.39 is 28.1 Å². The molecule has 2 rings (SSSR count). The number of hydrogen-bond donors (Lipinski definition) is 1. The minimum Gasteiger partial charge on any atom is -0.322 e. The monoisotopic (exact) mass is 414 g/mol. The fourth-order valence-corrected chi connectivity index (χ4v) is 3.67. The van der Waals surface area contributed by atoms with Gasteiger partial charge in [0.1, 0.15) is 6.04 Å². The summed E-state index contributed by atoms with van der Waals surface area (Å²) in [7, 11) is -3.67. The van der Waals surface area contributed by atoms with E-state index in [0.29, 0.717) is 10.0 Å². The van der Waals surface area contributed by atoms with Crippen molar-refractivity contribution in [3.8, 4) is 0 Å². The zero-order valence-electron chi connectivity index (χ0n) is 12.2. The number of fused-ring (bicyclic) bond motifs is 1. The van der Waals surface area contributed by atoms with Crippen molar-refractivity contribution in [2.45, 2.75) is 32.1 Å². The maximum absolute atomic E-state index is 13.1. The highest BCUT2D eigenvalue weighted by atomic mass is 79.9. The van der Waals surface area contributed by atoms with Crippen molar-refractivity contribution in [2.75, 3.05) is 11.0 Å². The number of nitrogens with zero attached hydrogens (tertiary/aromatic N) is 1. The first-order valence-corrected chi connectivity index (χ1v) is 9.30. The molecule has 23 heavy (non-hydrogen) atoms. The summed E-state index contributed by atoms with van der Waals surface area (Å²) in [6, 6.07) is 0.965. The van der Waals surface area contributed by atoms with E-state index in [9.17, 15) is 26.4 Å². The number of carbonyl (C=O) groups is 1. The van der Waals surface area contributed by atoms with Crippen molar-refractivity contribution in [2.24, 2.45) is 0 Å². The highest BCUT2D eigenvalue weighted by Gasteiger charge is 2.47. The van der Waals surface area contributed by atoms with Gasteiger partial charge in [-0.1, -0.05) is 22.9 Å². The lowest BCUT2D eigenvalue weighted by Gasteiger charge is -2.28. The second-order valence-electron chi connectivity index (χ2n) is 5.26. The molecule has 1 aliphatic heterocycles. The zero-order valence-corrected chi connectivity index (χ0v) is 14.6. The van der Waals surface area contributed by atoms with Crippen LogP contribution in [-0.4, -0.2) is 37.7 Å². The van der Waals surface area contributed by atoms with Crippen LogP contribution < -0.4 is 4.72 Å². The molecule has 0 radical (unpaired) electrons. The SMILES string of the molecule is CC[C@H](N1Cc2cc(Br)cc(NS(C)(=O)=O)c2C1=O)C(F)(F)F. The summed E-state index contributed by atoms with van der Waals surface area (Å²) in [5.41, 5.74) is 0.279. The lowest BCUT2D eigenvalue weighted by atomic mass is 10.1. The fourth-order valence-electron chi connectivity index (χ4n) is 2.60. The molecule has 1 amide bonds. The Hall–Kier alpha value is -1.29. The molecule has 0 spiro atoms. The van der Waals surface area contributed by atoms with E-state index in [2.05, 4.69) is 20.7 Å². The number of alkyl halides is 3. The summed E-state index contributed by atoms with van der Waals surface area (Å²) in [5.74, 6) is -0.831. The molecule has 5 nitrogen and oxygen atoms in total. The highest BCUT2D eigenvalue weighted by molar-refractivity contribution is 9.10. The summed E-state index contributed by atoms with van der Waals surface area (Å²) in [6.45, 7) is 1.13. The average molecular weight is 415 g/mol. The van der Waals surface area contributed by atoms with Crippen LogP contribution in [0.1, 0.15) is 29.3 Å². The molecule has 0 fully saturated rings. The van der Waals surface area contributed by atoms with Crippen molar-refractivity contribution >= 4 is 37.5 Å². The minimum absolute atomic E-state index is 0.0265. The summed E-state index contributed by atoms with van der Waals surface area (Å²) in [6.07, 6.45) is -3.92. The van der Waals surface area contributed by atoms with Gasteiger partial charge < -0.3 is 4.90 Å². The lowest BCUT2D eigenvalue weighted by Crippen LogP contribution is -2.45. The van der Waals surface area contributed by atoms with E-state index in [-0.39, 0.29) is 24.2 Å². The predicted molar refractivity (Wildman–Crippen MR) is 82.6 cm³/mol. The Morgan fingerprint density at radius 1 is 1.39 bits per heavy atom. The van der Waals surface area contributed by atoms with Gasteiger partial charge >= 0.3 is 6.18 Å². The first-order valence-electron chi connectivity index (χ1n) is 6.62. The van der Waals surface area contributed by atoms with Gasteiger partial charge in [0.15, 0.2) is 0 Å². The van der Waals surface area contributed by atoms with E-state index >= 15 is 0 Å². The summed E-state index contributed by atoms with van der Waals surface area (Å²) in [5, 5.41) is 0. The molecule has 1 aromatic rings. The van der Waals surface area contributed by atoms with Crippen LogP contribution >= 0.6 is 15.9 Å². The summed E-state index contributed by atoms with van der Waals surface area (Å²) >= 11 is 3.17. The van der Waals surface area contributed by atoms with Gasteiger partial charge in [-0.25, -0.2) is 8.42 Å². The Morgan fingerprint density at radius 2 is 2.00 bits per heavy atom. The number of carbonyl (C=O) groups excluding carboxylic acids is 1. The molecular formula is C13H14BrF3N2O3S. The maximum Gasteiger partial charge on any atom is 0.408 e. The van der Waals surface area contributed by atoms with Crippen LogP contribution in [0.3, 0.4) is 0 Å². The third-order valence-electron chi connectivity index (χ3n) is 3.44. The summed E-state index contributed by atoms with van der Waals surface area (Å²) < 4.78 is 64.8. The molecule has 0 unspecified atom stereocenters. The van der Waals surface area contributed by atoms with Crippen LogP contribution in [0, 0.1) is 0 Å². The van der Waals surface area contributed by atoms with Gasteiger partial charge in [0.25, 0.3) is 5.91 Å². The van der Waals surface area contributed by atoms with Crippen LogP contribution in [0.25, 0.3) is 0 Å². The van der Waals surface area contributed by atoms with Crippen LogP contribution in [0.2, 0.25) is 0 Å². The lowest BCUT2D eigenvalue weighted by molar-refractivity contribution is -0.177. The number of anilines is 1. The first kappa shape index (κ1) is 18.1. The molecule has 0 saturated carbocycles. The van der Waals surface area contributed by atoms with E-state index in [1.54, 1.807) is 0 Å². The van der Waals surface area contributed by atoms with Crippen molar-refractivity contribution < 1.29 is 26.4 Å². The number of amides is 1. The average Bonchev–Trinajstić information content (AvgIpc) is 2.63. The molecule has 1 heterocycles. The van der Waals surface area contributed by atoms with Gasteiger partial charge in [-0.05, 0) is 24.1 Å². The maximum atomic E-state index is 13.1. The third kappa shape index (κ3) is 3.79. The minimum atomic E-state index is -4.55. The van der Waals surface area contributed by atoms with Gasteiger partial charge in [-0.15, -0.1) is 0 Å². The number of hydrogen-bond acceptors (Lipinski definition) is 3. The number of benzene rings is 1. The summed E-state index contributed by atoms with van der Waals surface area (Å²) in [4.78, 5) is 13.2. The normalized spacial score (nSPS) is 16.4. The van der Waals surface area contributed by atoms with E-state index in [4.69, 9.17) is 0 Å². The third-order valence-corrected chi connectivity index (χ3v) is 4.48. The van der Waals surface area contributed by atoms with Crippen LogP contribution in [-0.2, 0) is 16.6 Å². The fraction of sp³-hybridized carbons (Fsp3) is 0.462. The Balaban J connectivity index is 2.49. The van der Waals surface area contributed by atoms with Crippen molar-refractivity contribution in [3.63, 3.8) is 0 Å². The van der Waals surface area contributed by atoms with Gasteiger partial charge in [0, 0.05) is 11.0 Å². The van der Waals surface area contributed by atoms with Gasteiger partial charge in [0.2, 0.25) is 10.0 Å². The molecule has 0 aliphatic carbocycles. The van der Waals surface area contributed by atoms with Crippen molar-refractivity contribution in [1.29, 1.82) is 0 Å². The van der Waals surface area contributed by atoms with Gasteiger partial charge in [-0.3, -0.25) is 9.52 Å². The molecule has 0 aromatic heterocycles. The highest BCUT2D eigenvalue weighted by Crippen LogP contribution is 2.38. The van der Waals surface area contributed by atoms with E-state index in [1.807, 2.05) is 0 Å². The zero-order chi connectivity index (χ0) is 17.6. The number of nitrogens with one attached hydrogen (secondary N) is 1. The molecule has 1 aliphatic rings. The molecule has 128 valence electrons. The quantitative estimate of drug-likeness (QED) is 0.822. The number of rotatable bonds is 4. The molecule has 0 saturated heterocycles. The molecule has 10 heteroatoms. The topological polar surface area (TPSA) is 66.5 Å². The Bertz CT molecular complexity index is 750. The molecule has 1 aromatic carbocycles. The molecule has 0 bridgehead atoms. The van der Waals surface area contributed by atoms with E-state index in [1.165, 1.54) is 19.1 Å². The molecule has 1 N–H and O–H groups in total. The van der Waals surface area contributed by atoms with E-state index in [0.717, 1.165) is 11.2 Å².